The highest BCUT2D eigenvalue weighted by Crippen LogP contribution is 2.33. The second-order valence-electron chi connectivity index (χ2n) is 3.42. The maximum Gasteiger partial charge on any atom is 0.211 e. The Labute approximate surface area is 92.3 Å². The maximum absolute atomic E-state index is 11.7. The number of fused-ring (bicyclic) bond motifs is 1. The number of methoxy groups -OCH3 is 2. The van der Waals surface area contributed by atoms with Gasteiger partial charge in [0.1, 0.15) is 5.71 Å². The molecule has 0 amide bonds. The molecule has 0 fully saturated rings. The number of rotatable bonds is 2. The topological polar surface area (TPSA) is 68.1 Å². The number of carbonyl (C=O) groups is 1. The summed E-state index contributed by atoms with van der Waals surface area (Å²) in [6, 6.07) is 3.33. The summed E-state index contributed by atoms with van der Waals surface area (Å²) in [5.74, 6) is 0.792. The van der Waals surface area contributed by atoms with Crippen molar-refractivity contribution >= 4 is 11.5 Å². The molecule has 0 spiro atoms. The maximum atomic E-state index is 11.7. The largest absolute Gasteiger partial charge is 0.493 e. The Balaban J connectivity index is 2.55. The van der Waals surface area contributed by atoms with Crippen molar-refractivity contribution < 1.29 is 19.5 Å². The number of oxime groups is 1. The van der Waals surface area contributed by atoms with Gasteiger partial charge in [0.25, 0.3) is 0 Å². The van der Waals surface area contributed by atoms with E-state index in [-0.39, 0.29) is 11.5 Å². The van der Waals surface area contributed by atoms with Gasteiger partial charge in [-0.05, 0) is 17.7 Å². The number of hydrogen-bond acceptors (Lipinski definition) is 5. The summed E-state index contributed by atoms with van der Waals surface area (Å²) in [6.45, 7) is 0. The molecule has 0 radical (unpaired) electrons. The van der Waals surface area contributed by atoms with Crippen LogP contribution in [0.1, 0.15) is 15.9 Å². The van der Waals surface area contributed by atoms with Crippen molar-refractivity contribution in [3.8, 4) is 11.5 Å². The molecule has 5 heteroatoms. The lowest BCUT2D eigenvalue weighted by Gasteiger charge is -2.08. The van der Waals surface area contributed by atoms with Crippen LogP contribution in [0.3, 0.4) is 0 Å². The lowest BCUT2D eigenvalue weighted by atomic mass is 10.1. The van der Waals surface area contributed by atoms with Gasteiger partial charge in [-0.2, -0.15) is 0 Å². The first-order valence-corrected chi connectivity index (χ1v) is 4.71. The molecular weight excluding hydrogens is 210 g/mol. The highest BCUT2D eigenvalue weighted by Gasteiger charge is 2.28. The van der Waals surface area contributed by atoms with Gasteiger partial charge in [-0.3, -0.25) is 4.79 Å². The van der Waals surface area contributed by atoms with Crippen LogP contribution < -0.4 is 9.47 Å². The SMILES string of the molecule is COc1cc2c(cc1OC)C(=O)/C(=N\O)C2. The molecule has 0 unspecified atom stereocenters. The van der Waals surface area contributed by atoms with Gasteiger partial charge in [-0.25, -0.2) is 0 Å². The van der Waals surface area contributed by atoms with Crippen LogP contribution in [0.4, 0.5) is 0 Å². The molecule has 2 rings (SSSR count). The van der Waals surface area contributed by atoms with Crippen LogP contribution in [0, 0.1) is 0 Å². The predicted molar refractivity (Wildman–Crippen MR) is 56.8 cm³/mol. The third kappa shape index (κ3) is 1.41. The number of hydrogen-bond donors (Lipinski definition) is 1. The molecule has 5 nitrogen and oxygen atoms in total. The summed E-state index contributed by atoms with van der Waals surface area (Å²) in [5.41, 5.74) is 1.44. The van der Waals surface area contributed by atoms with Crippen LogP contribution in [-0.2, 0) is 6.42 Å². The number of nitrogens with zero attached hydrogens (tertiary/aromatic N) is 1. The lowest BCUT2D eigenvalue weighted by Crippen LogP contribution is -2.07. The molecular formula is C11H11NO4. The van der Waals surface area contributed by atoms with E-state index in [2.05, 4.69) is 5.16 Å². The Morgan fingerprint density at radius 1 is 1.25 bits per heavy atom. The molecule has 0 atom stereocenters. The van der Waals surface area contributed by atoms with Gasteiger partial charge in [0.15, 0.2) is 11.5 Å². The number of benzene rings is 1. The Hall–Kier alpha value is -2.04. The minimum absolute atomic E-state index is 0.144. The number of ketones is 1. The molecule has 0 aromatic heterocycles. The molecule has 0 bridgehead atoms. The van der Waals surface area contributed by atoms with E-state index in [4.69, 9.17) is 14.7 Å². The van der Waals surface area contributed by atoms with Crippen molar-refractivity contribution in [1.82, 2.24) is 0 Å². The van der Waals surface area contributed by atoms with E-state index in [1.807, 2.05) is 0 Å². The fraction of sp³-hybridized carbons (Fsp3) is 0.273. The minimum Gasteiger partial charge on any atom is -0.493 e. The average Bonchev–Trinajstić information content (AvgIpc) is 2.63. The lowest BCUT2D eigenvalue weighted by molar-refractivity contribution is 0.106. The zero-order valence-corrected chi connectivity index (χ0v) is 8.98. The first-order chi connectivity index (χ1) is 7.71. The quantitative estimate of drug-likeness (QED) is 0.603. The number of ether oxygens (including phenoxy) is 2. The van der Waals surface area contributed by atoms with Crippen molar-refractivity contribution in [3.63, 3.8) is 0 Å². The molecule has 0 saturated heterocycles. The van der Waals surface area contributed by atoms with Crippen LogP contribution in [0.2, 0.25) is 0 Å². The van der Waals surface area contributed by atoms with Crippen LogP contribution in [-0.4, -0.2) is 30.9 Å². The third-order valence-corrected chi connectivity index (χ3v) is 2.59. The molecule has 0 saturated carbocycles. The third-order valence-electron chi connectivity index (χ3n) is 2.59. The predicted octanol–water partition coefficient (Wildman–Crippen LogP) is 1.27. The van der Waals surface area contributed by atoms with Gasteiger partial charge in [0.2, 0.25) is 5.78 Å². The number of carbonyl (C=O) groups excluding carboxylic acids is 1. The second-order valence-corrected chi connectivity index (χ2v) is 3.42. The van der Waals surface area contributed by atoms with E-state index < -0.39 is 0 Å². The van der Waals surface area contributed by atoms with Crippen LogP contribution >= 0.6 is 0 Å². The van der Waals surface area contributed by atoms with Crippen molar-refractivity contribution in [2.75, 3.05) is 14.2 Å². The van der Waals surface area contributed by atoms with Gasteiger partial charge >= 0.3 is 0 Å². The molecule has 1 N–H and O–H groups in total. The Morgan fingerprint density at radius 3 is 2.44 bits per heavy atom. The van der Waals surface area contributed by atoms with E-state index in [1.165, 1.54) is 14.2 Å². The van der Waals surface area contributed by atoms with Crippen molar-refractivity contribution in [2.45, 2.75) is 6.42 Å². The molecule has 1 aliphatic rings. The Morgan fingerprint density at radius 2 is 1.88 bits per heavy atom. The fourth-order valence-corrected chi connectivity index (χ4v) is 1.78. The second kappa shape index (κ2) is 3.84. The van der Waals surface area contributed by atoms with E-state index in [9.17, 15) is 4.79 Å². The van der Waals surface area contributed by atoms with Crippen LogP contribution in [0.5, 0.6) is 11.5 Å². The molecule has 1 aromatic carbocycles. The summed E-state index contributed by atoms with van der Waals surface area (Å²) in [4.78, 5) is 11.7. The van der Waals surface area contributed by atoms with E-state index >= 15 is 0 Å². The van der Waals surface area contributed by atoms with Crippen molar-refractivity contribution in [2.24, 2.45) is 5.16 Å². The first kappa shape index (κ1) is 10.5. The van der Waals surface area contributed by atoms with Crippen LogP contribution in [0.15, 0.2) is 17.3 Å². The molecule has 0 heterocycles. The van der Waals surface area contributed by atoms with E-state index in [0.717, 1.165) is 5.56 Å². The van der Waals surface area contributed by atoms with E-state index in [1.54, 1.807) is 12.1 Å². The smallest absolute Gasteiger partial charge is 0.211 e. The monoisotopic (exact) mass is 221 g/mol. The van der Waals surface area contributed by atoms with Gasteiger partial charge in [-0.1, -0.05) is 5.16 Å². The summed E-state index contributed by atoms with van der Waals surface area (Å²) in [6.07, 6.45) is 0.324. The zero-order valence-electron chi connectivity index (χ0n) is 8.98. The summed E-state index contributed by atoms with van der Waals surface area (Å²) in [7, 11) is 3.03. The fourth-order valence-electron chi connectivity index (χ4n) is 1.78. The molecule has 16 heavy (non-hydrogen) atoms. The normalized spacial score (nSPS) is 16.4. The van der Waals surface area contributed by atoms with Crippen LogP contribution in [0.25, 0.3) is 0 Å². The van der Waals surface area contributed by atoms with Gasteiger partial charge in [0.05, 0.1) is 14.2 Å². The molecule has 1 aromatic rings. The summed E-state index contributed by atoms with van der Waals surface area (Å²) >= 11 is 0. The Bertz CT molecular complexity index is 479. The number of Topliss-reactive ketones (excluding diaryl/α,β-unsaturated/α-hetero) is 1. The molecule has 0 aliphatic heterocycles. The zero-order chi connectivity index (χ0) is 11.7. The standard InChI is InChI=1S/C11H11NO4/c1-15-9-4-6-3-8(12-14)11(13)7(6)5-10(9)16-2/h4-5,14H,3H2,1-2H3/b12-8-. The summed E-state index contributed by atoms with van der Waals surface area (Å²) in [5, 5.41) is 11.6. The van der Waals surface area contributed by atoms with Gasteiger partial charge in [0, 0.05) is 12.0 Å². The molecule has 1 aliphatic carbocycles. The van der Waals surface area contributed by atoms with Gasteiger partial charge < -0.3 is 14.7 Å². The summed E-state index contributed by atoms with van der Waals surface area (Å²) < 4.78 is 10.2. The average molecular weight is 221 g/mol. The highest BCUT2D eigenvalue weighted by atomic mass is 16.5. The van der Waals surface area contributed by atoms with Crippen molar-refractivity contribution in [1.29, 1.82) is 0 Å². The first-order valence-electron chi connectivity index (χ1n) is 4.71. The Kier molecular flexibility index (Phi) is 2.52. The molecule has 84 valence electrons. The minimum atomic E-state index is -0.265. The van der Waals surface area contributed by atoms with Gasteiger partial charge in [-0.15, -0.1) is 0 Å². The highest BCUT2D eigenvalue weighted by molar-refractivity contribution is 6.49. The van der Waals surface area contributed by atoms with E-state index in [0.29, 0.717) is 23.5 Å². The van der Waals surface area contributed by atoms with Crippen molar-refractivity contribution in [3.05, 3.63) is 23.3 Å².